The number of aromatic hydroxyl groups is 4. The Hall–Kier alpha value is -3.92. The van der Waals surface area contributed by atoms with Crippen molar-refractivity contribution in [2.45, 2.75) is 59.8 Å². The Morgan fingerprint density at radius 3 is 1.57 bits per heavy atom. The van der Waals surface area contributed by atoms with Crippen molar-refractivity contribution in [3.8, 4) is 34.1 Å². The normalized spacial score (nSPS) is 10.6. The van der Waals surface area contributed by atoms with Gasteiger partial charge in [0.15, 0.2) is 0 Å². The first-order chi connectivity index (χ1) is 17.7. The highest BCUT2D eigenvalue weighted by molar-refractivity contribution is 5.64. The molecule has 4 rings (SSSR count). The van der Waals surface area contributed by atoms with Crippen molar-refractivity contribution in [1.82, 2.24) is 0 Å². The van der Waals surface area contributed by atoms with E-state index in [1.807, 2.05) is 44.2 Å². The van der Waals surface area contributed by atoms with Crippen LogP contribution in [0.5, 0.6) is 23.0 Å². The van der Waals surface area contributed by atoms with Gasteiger partial charge in [-0.05, 0) is 108 Å². The van der Waals surface area contributed by atoms with Crippen LogP contribution >= 0.6 is 0 Å². The van der Waals surface area contributed by atoms with Crippen LogP contribution in [0.3, 0.4) is 0 Å². The largest absolute Gasteiger partial charge is 0.508 e. The zero-order valence-corrected chi connectivity index (χ0v) is 22.3. The summed E-state index contributed by atoms with van der Waals surface area (Å²) in [6.45, 7) is 8.26. The highest BCUT2D eigenvalue weighted by Crippen LogP contribution is 2.29. The quantitative estimate of drug-likeness (QED) is 0.208. The van der Waals surface area contributed by atoms with Gasteiger partial charge >= 0.3 is 0 Å². The summed E-state index contributed by atoms with van der Waals surface area (Å²) in [6.07, 6.45) is 4.68. The molecule has 0 saturated carbocycles. The second kappa shape index (κ2) is 12.9. The molecule has 0 aliphatic rings. The van der Waals surface area contributed by atoms with Gasteiger partial charge in [0.25, 0.3) is 0 Å². The Balaban J connectivity index is 0.000000231. The maximum Gasteiger partial charge on any atom is 0.121 e. The molecule has 0 aliphatic heterocycles. The molecular weight excluding hydrogens is 460 g/mol. The van der Waals surface area contributed by atoms with E-state index >= 15 is 0 Å². The molecule has 0 fully saturated rings. The van der Waals surface area contributed by atoms with Crippen LogP contribution in [0, 0.1) is 13.8 Å². The van der Waals surface area contributed by atoms with E-state index in [0.29, 0.717) is 11.5 Å². The SMILES string of the molecule is CCCc1cc(Cc2cc(C)c(O)c(CCC)c2)c(C)cc1O.Oc1ccc(-c2ccc(O)cc2)cc1. The monoisotopic (exact) mass is 498 g/mol. The molecule has 0 atom stereocenters. The van der Waals surface area contributed by atoms with Crippen LogP contribution in [0.1, 0.15) is 60.1 Å². The molecule has 4 N–H and O–H groups in total. The molecule has 4 heteroatoms. The fourth-order valence-corrected chi connectivity index (χ4v) is 4.47. The fraction of sp³-hybridized carbons (Fsp3) is 0.273. The van der Waals surface area contributed by atoms with Crippen molar-refractivity contribution in [3.05, 3.63) is 106 Å². The van der Waals surface area contributed by atoms with Gasteiger partial charge in [0.05, 0.1) is 0 Å². The smallest absolute Gasteiger partial charge is 0.121 e. The minimum Gasteiger partial charge on any atom is -0.508 e. The minimum absolute atomic E-state index is 0.257. The van der Waals surface area contributed by atoms with Crippen molar-refractivity contribution in [3.63, 3.8) is 0 Å². The number of phenols is 4. The van der Waals surface area contributed by atoms with Crippen molar-refractivity contribution in [1.29, 1.82) is 0 Å². The van der Waals surface area contributed by atoms with E-state index in [1.54, 1.807) is 24.3 Å². The van der Waals surface area contributed by atoms with E-state index in [1.165, 1.54) is 11.1 Å². The van der Waals surface area contributed by atoms with Crippen LogP contribution in [0.25, 0.3) is 11.1 Å². The standard InChI is InChI=1S/C21H28O2.C12H10O2/c1-5-7-17-13-19(14(3)10-20(17)22)12-16-9-15(4)21(23)18(11-16)8-6-2;13-11-5-1-9(2-6-11)10-3-7-12(14)8-4-10/h9-11,13,22-23H,5-8,12H2,1-4H3;1-8,13-14H. The molecular formula is C33H38O4. The fourth-order valence-electron chi connectivity index (χ4n) is 4.47. The average molecular weight is 499 g/mol. The molecule has 0 heterocycles. The summed E-state index contributed by atoms with van der Waals surface area (Å²) < 4.78 is 0. The molecule has 0 saturated heterocycles. The van der Waals surface area contributed by atoms with Crippen molar-refractivity contribution >= 4 is 0 Å². The van der Waals surface area contributed by atoms with Crippen LogP contribution in [-0.2, 0) is 19.3 Å². The molecule has 4 aromatic rings. The lowest BCUT2D eigenvalue weighted by Gasteiger charge is -2.14. The minimum atomic E-state index is 0.257. The van der Waals surface area contributed by atoms with Crippen LogP contribution in [0.4, 0.5) is 0 Å². The lowest BCUT2D eigenvalue weighted by Crippen LogP contribution is -1.98. The molecule has 37 heavy (non-hydrogen) atoms. The topological polar surface area (TPSA) is 80.9 Å². The first kappa shape index (κ1) is 27.7. The van der Waals surface area contributed by atoms with Crippen LogP contribution in [-0.4, -0.2) is 20.4 Å². The summed E-state index contributed by atoms with van der Waals surface area (Å²) in [5, 5.41) is 38.5. The molecule has 0 bridgehead atoms. The third kappa shape index (κ3) is 7.53. The van der Waals surface area contributed by atoms with Gasteiger partial charge in [0.2, 0.25) is 0 Å². The van der Waals surface area contributed by atoms with Gasteiger partial charge in [-0.15, -0.1) is 0 Å². The van der Waals surface area contributed by atoms with Crippen molar-refractivity contribution in [2.24, 2.45) is 0 Å². The van der Waals surface area contributed by atoms with E-state index in [0.717, 1.165) is 65.5 Å². The van der Waals surface area contributed by atoms with Gasteiger partial charge < -0.3 is 20.4 Å². The van der Waals surface area contributed by atoms with Crippen molar-refractivity contribution in [2.75, 3.05) is 0 Å². The maximum absolute atomic E-state index is 10.2. The lowest BCUT2D eigenvalue weighted by molar-refractivity contribution is 0.463. The number of hydrogen-bond donors (Lipinski definition) is 4. The summed E-state index contributed by atoms with van der Waals surface area (Å²) in [6, 6.07) is 22.1. The maximum atomic E-state index is 10.2. The second-order valence-electron chi connectivity index (χ2n) is 9.60. The molecule has 0 spiro atoms. The zero-order chi connectivity index (χ0) is 26.9. The van der Waals surface area contributed by atoms with E-state index in [9.17, 15) is 10.2 Å². The number of rotatable bonds is 7. The van der Waals surface area contributed by atoms with E-state index < -0.39 is 0 Å². The van der Waals surface area contributed by atoms with Gasteiger partial charge in [-0.2, -0.15) is 0 Å². The predicted octanol–water partition coefficient (Wildman–Crippen LogP) is 7.98. The molecule has 0 unspecified atom stereocenters. The highest BCUT2D eigenvalue weighted by Gasteiger charge is 2.11. The van der Waals surface area contributed by atoms with Crippen LogP contribution < -0.4 is 0 Å². The second-order valence-corrected chi connectivity index (χ2v) is 9.60. The van der Waals surface area contributed by atoms with Gasteiger partial charge in [0, 0.05) is 0 Å². The number of benzene rings is 4. The molecule has 4 nitrogen and oxygen atoms in total. The van der Waals surface area contributed by atoms with Gasteiger partial charge in [-0.3, -0.25) is 0 Å². The Bertz CT molecular complexity index is 1260. The third-order valence-corrected chi connectivity index (χ3v) is 6.48. The van der Waals surface area contributed by atoms with E-state index in [4.69, 9.17) is 10.2 Å². The van der Waals surface area contributed by atoms with Crippen LogP contribution in [0.2, 0.25) is 0 Å². The van der Waals surface area contributed by atoms with Crippen LogP contribution in [0.15, 0.2) is 72.8 Å². The lowest BCUT2D eigenvalue weighted by atomic mass is 9.93. The summed E-state index contributed by atoms with van der Waals surface area (Å²) >= 11 is 0. The third-order valence-electron chi connectivity index (χ3n) is 6.48. The molecule has 0 aromatic heterocycles. The highest BCUT2D eigenvalue weighted by atomic mass is 16.3. The van der Waals surface area contributed by atoms with Gasteiger partial charge in [-0.25, -0.2) is 0 Å². The predicted molar refractivity (Wildman–Crippen MR) is 152 cm³/mol. The summed E-state index contributed by atoms with van der Waals surface area (Å²) in [7, 11) is 0. The average Bonchev–Trinajstić information content (AvgIpc) is 2.87. The molecule has 4 aromatic carbocycles. The summed E-state index contributed by atoms with van der Waals surface area (Å²) in [5.41, 5.74) is 8.62. The summed E-state index contributed by atoms with van der Waals surface area (Å²) in [4.78, 5) is 0. The van der Waals surface area contributed by atoms with Crippen molar-refractivity contribution < 1.29 is 20.4 Å². The number of hydrogen-bond acceptors (Lipinski definition) is 4. The molecule has 0 amide bonds. The van der Waals surface area contributed by atoms with Gasteiger partial charge in [-0.1, -0.05) is 69.2 Å². The number of phenolic OH excluding ortho intramolecular Hbond substituents is 4. The first-order valence-corrected chi connectivity index (χ1v) is 12.9. The Morgan fingerprint density at radius 2 is 1.05 bits per heavy atom. The Morgan fingerprint density at radius 1 is 0.541 bits per heavy atom. The number of aryl methyl sites for hydroxylation is 4. The molecule has 0 radical (unpaired) electrons. The molecule has 194 valence electrons. The Kier molecular flexibility index (Phi) is 9.62. The summed E-state index contributed by atoms with van der Waals surface area (Å²) in [5.74, 6) is 1.35. The first-order valence-electron chi connectivity index (χ1n) is 12.9. The van der Waals surface area contributed by atoms with Gasteiger partial charge in [0.1, 0.15) is 23.0 Å². The Labute approximate surface area is 220 Å². The zero-order valence-electron chi connectivity index (χ0n) is 22.3. The van der Waals surface area contributed by atoms with E-state index in [2.05, 4.69) is 32.0 Å². The molecule has 0 aliphatic carbocycles. The van der Waals surface area contributed by atoms with E-state index in [-0.39, 0.29) is 11.5 Å².